The Hall–Kier alpha value is -3.09. The van der Waals surface area contributed by atoms with Gasteiger partial charge in [0.25, 0.3) is 0 Å². The van der Waals surface area contributed by atoms with Crippen LogP contribution in [0.1, 0.15) is 11.3 Å². The second-order valence-electron chi connectivity index (χ2n) is 7.41. The third-order valence-electron chi connectivity index (χ3n) is 5.01. The number of sulfonamides is 1. The van der Waals surface area contributed by atoms with Crippen LogP contribution in [0.25, 0.3) is 0 Å². The fourth-order valence-electron chi connectivity index (χ4n) is 3.02. The molecule has 0 atom stereocenters. The molecule has 6 nitrogen and oxygen atoms in total. The summed E-state index contributed by atoms with van der Waals surface area (Å²) in [5.74, 6) is -13.3. The summed E-state index contributed by atoms with van der Waals surface area (Å²) >= 11 is 5.81. The van der Waals surface area contributed by atoms with E-state index in [1.807, 2.05) is 0 Å². The number of likely N-dealkylation sites (N-methyl/N-ethyl adjacent to an activating group) is 1. The fourth-order valence-corrected chi connectivity index (χ4v) is 4.63. The molecule has 0 saturated carbocycles. The van der Waals surface area contributed by atoms with E-state index < -0.39 is 63.0 Å². The largest absolute Gasteiger partial charge is 0.313 e. The lowest BCUT2D eigenvalue weighted by atomic mass is 10.2. The quantitative estimate of drug-likeness (QED) is 0.253. The van der Waals surface area contributed by atoms with Crippen molar-refractivity contribution in [1.29, 1.82) is 0 Å². The average molecular weight is 534 g/mol. The van der Waals surface area contributed by atoms with E-state index in [0.29, 0.717) is 15.0 Å². The number of halogens is 6. The molecule has 0 spiro atoms. The van der Waals surface area contributed by atoms with Crippen molar-refractivity contribution in [2.24, 2.45) is 0 Å². The lowest BCUT2D eigenvalue weighted by molar-refractivity contribution is -0.118. The van der Waals surface area contributed by atoms with Gasteiger partial charge in [-0.2, -0.15) is 4.31 Å². The molecule has 0 bridgehead atoms. The summed E-state index contributed by atoms with van der Waals surface area (Å²) in [7, 11) is -4.10. The van der Waals surface area contributed by atoms with Crippen LogP contribution < -0.4 is 4.90 Å². The lowest BCUT2D eigenvalue weighted by Gasteiger charge is -2.25. The molecule has 0 aliphatic carbocycles. The number of rotatable bonds is 7. The molecule has 2 aromatic carbocycles. The Bertz CT molecular complexity index is 1340. The van der Waals surface area contributed by atoms with Crippen LogP contribution in [0.15, 0.2) is 47.5 Å². The highest BCUT2D eigenvalue weighted by atomic mass is 35.5. The third-order valence-corrected chi connectivity index (χ3v) is 7.07. The van der Waals surface area contributed by atoms with Gasteiger partial charge in [0.1, 0.15) is 0 Å². The SMILES string of the molecule is Cc1ccc(N(C)C(=O)CN(Cc2ccc(Cl)cc2)S(=O)(=O)c2c(F)c(F)c(F)c(F)c2F)cn1. The van der Waals surface area contributed by atoms with Crippen molar-refractivity contribution >= 4 is 33.2 Å². The molecule has 1 aromatic heterocycles. The van der Waals surface area contributed by atoms with Gasteiger partial charge >= 0.3 is 0 Å². The van der Waals surface area contributed by atoms with Gasteiger partial charge in [0.2, 0.25) is 21.7 Å². The summed E-state index contributed by atoms with van der Waals surface area (Å²) in [4.78, 5) is 15.9. The van der Waals surface area contributed by atoms with E-state index >= 15 is 0 Å². The molecule has 0 N–H and O–H groups in total. The minimum absolute atomic E-state index is 0.231. The molecule has 0 aliphatic rings. The molecular weight excluding hydrogens is 517 g/mol. The molecule has 35 heavy (non-hydrogen) atoms. The number of aryl methyl sites for hydroxylation is 1. The van der Waals surface area contributed by atoms with Crippen molar-refractivity contribution in [1.82, 2.24) is 9.29 Å². The first kappa shape index (κ1) is 26.5. The molecule has 0 aliphatic heterocycles. The van der Waals surface area contributed by atoms with Crippen molar-refractivity contribution < 1.29 is 35.2 Å². The first-order valence-electron chi connectivity index (χ1n) is 9.79. The Balaban J connectivity index is 2.07. The number of amides is 1. The van der Waals surface area contributed by atoms with Crippen LogP contribution in [0.2, 0.25) is 5.02 Å². The van der Waals surface area contributed by atoms with E-state index in [-0.39, 0.29) is 11.3 Å². The van der Waals surface area contributed by atoms with E-state index in [1.54, 1.807) is 13.0 Å². The molecule has 0 saturated heterocycles. The summed E-state index contributed by atoms with van der Waals surface area (Å²) < 4.78 is 96.5. The van der Waals surface area contributed by atoms with Crippen LogP contribution in [0.5, 0.6) is 0 Å². The molecule has 0 radical (unpaired) electrons. The van der Waals surface area contributed by atoms with Crippen LogP contribution in [-0.4, -0.2) is 37.2 Å². The monoisotopic (exact) mass is 533 g/mol. The maximum Gasteiger partial charge on any atom is 0.249 e. The van der Waals surface area contributed by atoms with Gasteiger partial charge in [-0.05, 0) is 36.8 Å². The molecule has 186 valence electrons. The summed E-state index contributed by atoms with van der Waals surface area (Å²) in [5.41, 5.74) is 1.16. The molecule has 0 unspecified atom stereocenters. The third kappa shape index (κ3) is 5.44. The van der Waals surface area contributed by atoms with Crippen molar-refractivity contribution in [3.8, 4) is 0 Å². The van der Waals surface area contributed by atoms with Crippen LogP contribution in [0.4, 0.5) is 27.6 Å². The van der Waals surface area contributed by atoms with Crippen LogP contribution in [0.3, 0.4) is 0 Å². The zero-order valence-corrected chi connectivity index (χ0v) is 19.8. The standard InChI is InChI=1S/C22H17ClF5N3O3S/c1-12-3-8-15(9-29-12)30(2)16(32)11-31(10-13-4-6-14(23)7-5-13)35(33,34)22-20(27)18(25)17(24)19(26)21(22)28/h3-9H,10-11H2,1-2H3. The Labute approximate surface area is 202 Å². The smallest absolute Gasteiger partial charge is 0.249 e. The second kappa shape index (κ2) is 10.3. The number of hydrogen-bond acceptors (Lipinski definition) is 4. The number of hydrogen-bond donors (Lipinski definition) is 0. The molecule has 3 rings (SSSR count). The number of pyridine rings is 1. The molecule has 13 heteroatoms. The second-order valence-corrected chi connectivity index (χ2v) is 9.72. The van der Waals surface area contributed by atoms with E-state index in [0.717, 1.165) is 4.90 Å². The highest BCUT2D eigenvalue weighted by molar-refractivity contribution is 7.89. The van der Waals surface area contributed by atoms with Gasteiger partial charge < -0.3 is 4.90 Å². The Morgan fingerprint density at radius 2 is 1.46 bits per heavy atom. The maximum atomic E-state index is 14.4. The zero-order valence-electron chi connectivity index (χ0n) is 18.2. The fraction of sp³-hybridized carbons (Fsp3) is 0.182. The highest BCUT2D eigenvalue weighted by Crippen LogP contribution is 2.30. The van der Waals surface area contributed by atoms with Gasteiger partial charge in [-0.25, -0.2) is 30.4 Å². The van der Waals surface area contributed by atoms with E-state index in [9.17, 15) is 35.2 Å². The summed E-state index contributed by atoms with van der Waals surface area (Å²) in [6, 6.07) is 8.67. The van der Waals surface area contributed by atoms with Crippen LogP contribution in [-0.2, 0) is 21.4 Å². The molecule has 0 fully saturated rings. The molecule has 1 amide bonds. The minimum atomic E-state index is -5.41. The van der Waals surface area contributed by atoms with Crippen molar-refractivity contribution in [2.75, 3.05) is 18.5 Å². The maximum absolute atomic E-state index is 14.4. The lowest BCUT2D eigenvalue weighted by Crippen LogP contribution is -2.42. The summed E-state index contributed by atoms with van der Waals surface area (Å²) in [5, 5.41) is 0.297. The zero-order chi connectivity index (χ0) is 26.1. The van der Waals surface area contributed by atoms with E-state index in [4.69, 9.17) is 11.6 Å². The first-order chi connectivity index (χ1) is 16.3. The first-order valence-corrected chi connectivity index (χ1v) is 11.6. The van der Waals surface area contributed by atoms with Crippen LogP contribution in [0, 0.1) is 36.0 Å². The average Bonchev–Trinajstić information content (AvgIpc) is 2.82. The Kier molecular flexibility index (Phi) is 7.77. The number of nitrogens with zero attached hydrogens (tertiary/aromatic N) is 3. The molecule has 3 aromatic rings. The predicted molar refractivity (Wildman–Crippen MR) is 118 cm³/mol. The highest BCUT2D eigenvalue weighted by Gasteiger charge is 2.38. The van der Waals surface area contributed by atoms with Crippen molar-refractivity contribution in [3.05, 3.63) is 88.0 Å². The Morgan fingerprint density at radius 1 is 0.914 bits per heavy atom. The Morgan fingerprint density at radius 3 is 1.97 bits per heavy atom. The number of benzene rings is 2. The normalized spacial score (nSPS) is 11.7. The summed E-state index contributed by atoms with van der Waals surface area (Å²) in [6.07, 6.45) is 1.34. The number of aromatic nitrogens is 1. The van der Waals surface area contributed by atoms with E-state index in [2.05, 4.69) is 4.98 Å². The van der Waals surface area contributed by atoms with E-state index in [1.165, 1.54) is 43.6 Å². The molecule has 1 heterocycles. The van der Waals surface area contributed by atoms with Gasteiger partial charge in [0.05, 0.1) is 18.4 Å². The van der Waals surface area contributed by atoms with Gasteiger partial charge in [-0.15, -0.1) is 0 Å². The number of anilines is 1. The van der Waals surface area contributed by atoms with Crippen LogP contribution >= 0.6 is 11.6 Å². The minimum Gasteiger partial charge on any atom is -0.313 e. The topological polar surface area (TPSA) is 70.6 Å². The predicted octanol–water partition coefficient (Wildman–Crippen LogP) is 4.59. The van der Waals surface area contributed by atoms with Crippen molar-refractivity contribution in [2.45, 2.75) is 18.4 Å². The number of carbonyl (C=O) groups excluding carboxylic acids is 1. The van der Waals surface area contributed by atoms with Gasteiger partial charge in [0.15, 0.2) is 28.2 Å². The van der Waals surface area contributed by atoms with Gasteiger partial charge in [0, 0.05) is 24.3 Å². The van der Waals surface area contributed by atoms with Gasteiger partial charge in [-0.1, -0.05) is 23.7 Å². The molecular formula is C22H17ClF5N3O3S. The van der Waals surface area contributed by atoms with Crippen molar-refractivity contribution in [3.63, 3.8) is 0 Å². The summed E-state index contributed by atoms with van der Waals surface area (Å²) in [6.45, 7) is 0.0790. The number of carbonyl (C=O) groups is 1. The van der Waals surface area contributed by atoms with Gasteiger partial charge in [-0.3, -0.25) is 9.78 Å².